The van der Waals surface area contributed by atoms with Crippen molar-refractivity contribution in [2.75, 3.05) is 0 Å². The minimum atomic E-state index is 0.186. The summed E-state index contributed by atoms with van der Waals surface area (Å²) >= 11 is 0. The van der Waals surface area contributed by atoms with E-state index < -0.39 is 0 Å². The van der Waals surface area contributed by atoms with Crippen molar-refractivity contribution in [3.63, 3.8) is 0 Å². The summed E-state index contributed by atoms with van der Waals surface area (Å²) < 4.78 is 0. The van der Waals surface area contributed by atoms with Gasteiger partial charge < -0.3 is 10.3 Å². The van der Waals surface area contributed by atoms with Crippen LogP contribution in [0.3, 0.4) is 0 Å². The number of pyridine rings is 1. The van der Waals surface area contributed by atoms with Crippen LogP contribution in [0.5, 0.6) is 0 Å². The highest BCUT2D eigenvalue weighted by atomic mass is 15.1. The van der Waals surface area contributed by atoms with Crippen LogP contribution in [0.4, 0.5) is 0 Å². The van der Waals surface area contributed by atoms with E-state index in [0.29, 0.717) is 5.92 Å². The van der Waals surface area contributed by atoms with E-state index in [-0.39, 0.29) is 5.41 Å². The number of hydrogen-bond donors (Lipinski definition) is 3. The van der Waals surface area contributed by atoms with E-state index in [1.165, 1.54) is 5.57 Å². The van der Waals surface area contributed by atoms with Gasteiger partial charge in [-0.15, -0.1) is 0 Å². The van der Waals surface area contributed by atoms with Crippen molar-refractivity contribution in [3.8, 4) is 11.4 Å². The smallest absolute Gasteiger partial charge is 0.116 e. The van der Waals surface area contributed by atoms with Crippen LogP contribution in [0.15, 0.2) is 84.9 Å². The molecule has 0 unspecified atom stereocenters. The van der Waals surface area contributed by atoms with Crippen LogP contribution in [-0.4, -0.2) is 20.2 Å². The molecular weight excluding hydrogens is 418 g/mol. The second-order valence-corrected chi connectivity index (χ2v) is 10.4. The van der Waals surface area contributed by atoms with Gasteiger partial charge >= 0.3 is 0 Å². The number of nitrogens with one attached hydrogen (secondary N) is 3. The average molecular weight is 450 g/mol. The first-order valence-electron chi connectivity index (χ1n) is 11.7. The highest BCUT2D eigenvalue weighted by Crippen LogP contribution is 2.32. The molecule has 0 fully saturated rings. The third-order valence-electron chi connectivity index (χ3n) is 5.94. The summed E-state index contributed by atoms with van der Waals surface area (Å²) in [5.74, 6) is 0.320. The normalized spacial score (nSPS) is 16.4. The van der Waals surface area contributed by atoms with Crippen molar-refractivity contribution in [3.05, 3.63) is 90.4 Å². The van der Waals surface area contributed by atoms with E-state index >= 15 is 0 Å². The monoisotopic (exact) mass is 449 g/mol. The van der Waals surface area contributed by atoms with Gasteiger partial charge in [0, 0.05) is 23.0 Å². The van der Waals surface area contributed by atoms with E-state index in [1.54, 1.807) is 0 Å². The molecule has 3 heterocycles. The number of hydrogen-bond acceptors (Lipinski definition) is 3. The fourth-order valence-corrected chi connectivity index (χ4v) is 4.49. The topological polar surface area (TPSA) is 69.4 Å². The SMILES string of the molecule is C=C(CC(C)(C)C)NC1=CC(c2ccc3[nH]nc(-c4cc5ncccc5[nH]4)c3c2)=C[C@@H](C)C=C1. The zero-order valence-electron chi connectivity index (χ0n) is 20.2. The lowest BCUT2D eigenvalue weighted by molar-refractivity contribution is 0.403. The minimum absolute atomic E-state index is 0.186. The molecule has 0 amide bonds. The van der Waals surface area contributed by atoms with Gasteiger partial charge in [-0.25, -0.2) is 0 Å². The number of rotatable bonds is 5. The molecule has 172 valence electrons. The van der Waals surface area contributed by atoms with Crippen LogP contribution in [0.1, 0.15) is 39.7 Å². The zero-order valence-corrected chi connectivity index (χ0v) is 20.2. The first-order chi connectivity index (χ1) is 16.2. The summed E-state index contributed by atoms with van der Waals surface area (Å²) in [7, 11) is 0. The molecule has 34 heavy (non-hydrogen) atoms. The van der Waals surface area contributed by atoms with Crippen LogP contribution >= 0.6 is 0 Å². The fraction of sp³-hybridized carbons (Fsp3) is 0.241. The van der Waals surface area contributed by atoms with Crippen LogP contribution in [-0.2, 0) is 0 Å². The zero-order chi connectivity index (χ0) is 23.9. The molecule has 1 atom stereocenters. The van der Waals surface area contributed by atoms with Crippen LogP contribution in [0, 0.1) is 11.3 Å². The summed E-state index contributed by atoms with van der Waals surface area (Å²) in [5.41, 5.74) is 9.40. The van der Waals surface area contributed by atoms with Crippen molar-refractivity contribution in [2.24, 2.45) is 11.3 Å². The molecule has 5 heteroatoms. The molecule has 0 spiro atoms. The highest BCUT2D eigenvalue weighted by molar-refractivity contribution is 5.97. The summed E-state index contributed by atoms with van der Waals surface area (Å²) in [6.07, 6.45) is 11.6. The number of fused-ring (bicyclic) bond motifs is 2. The Morgan fingerprint density at radius 2 is 2.00 bits per heavy atom. The quantitative estimate of drug-likeness (QED) is 0.304. The first kappa shape index (κ1) is 22.0. The third kappa shape index (κ3) is 4.60. The summed E-state index contributed by atoms with van der Waals surface area (Å²) in [5, 5.41) is 12.4. The molecule has 0 aliphatic heterocycles. The van der Waals surface area contributed by atoms with Crippen molar-refractivity contribution in [2.45, 2.75) is 34.1 Å². The Bertz CT molecular complexity index is 1440. The van der Waals surface area contributed by atoms with Crippen LogP contribution < -0.4 is 5.32 Å². The highest BCUT2D eigenvalue weighted by Gasteiger charge is 2.15. The third-order valence-corrected chi connectivity index (χ3v) is 5.94. The number of benzene rings is 1. The van der Waals surface area contributed by atoms with Gasteiger partial charge in [0.2, 0.25) is 0 Å². The van der Waals surface area contributed by atoms with E-state index in [9.17, 15) is 0 Å². The van der Waals surface area contributed by atoms with Gasteiger partial charge in [0.15, 0.2) is 0 Å². The van der Waals surface area contributed by atoms with Crippen molar-refractivity contribution in [1.29, 1.82) is 0 Å². The minimum Gasteiger partial charge on any atom is -0.359 e. The lowest BCUT2D eigenvalue weighted by atomic mass is 9.91. The number of aromatic amines is 2. The Morgan fingerprint density at radius 3 is 2.79 bits per heavy atom. The van der Waals surface area contributed by atoms with Crippen LogP contribution in [0.2, 0.25) is 0 Å². The van der Waals surface area contributed by atoms with Gasteiger partial charge in [-0.3, -0.25) is 10.1 Å². The molecule has 1 aromatic carbocycles. The van der Waals surface area contributed by atoms with Gasteiger partial charge in [0.25, 0.3) is 0 Å². The van der Waals surface area contributed by atoms with Gasteiger partial charge in [-0.1, -0.05) is 52.5 Å². The second-order valence-electron chi connectivity index (χ2n) is 10.4. The van der Waals surface area contributed by atoms with Gasteiger partial charge in [0.05, 0.1) is 22.2 Å². The average Bonchev–Trinajstić information content (AvgIpc) is 3.34. The molecule has 0 saturated heterocycles. The lowest BCUT2D eigenvalue weighted by Gasteiger charge is -2.21. The first-order valence-corrected chi connectivity index (χ1v) is 11.7. The number of aromatic nitrogens is 4. The van der Waals surface area contributed by atoms with Crippen LogP contribution in [0.25, 0.3) is 38.9 Å². The summed E-state index contributed by atoms with van der Waals surface area (Å²) in [4.78, 5) is 7.90. The maximum Gasteiger partial charge on any atom is 0.116 e. The Morgan fingerprint density at radius 1 is 1.15 bits per heavy atom. The molecule has 1 aliphatic rings. The maximum absolute atomic E-state index is 4.61. The second kappa shape index (κ2) is 8.49. The molecule has 0 saturated carbocycles. The molecule has 4 aromatic rings. The molecule has 3 N–H and O–H groups in total. The fourth-order valence-electron chi connectivity index (χ4n) is 4.49. The molecule has 0 bridgehead atoms. The van der Waals surface area contributed by atoms with Crippen molar-refractivity contribution < 1.29 is 0 Å². The van der Waals surface area contributed by atoms with E-state index in [1.807, 2.05) is 18.3 Å². The van der Waals surface area contributed by atoms with E-state index in [4.69, 9.17) is 0 Å². The Labute approximate surface area is 200 Å². The van der Waals surface area contributed by atoms with Crippen molar-refractivity contribution >= 4 is 27.5 Å². The van der Waals surface area contributed by atoms with E-state index in [2.05, 4.69) is 108 Å². The Balaban J connectivity index is 1.51. The summed E-state index contributed by atoms with van der Waals surface area (Å²) in [6, 6.07) is 12.5. The van der Waals surface area contributed by atoms with Gasteiger partial charge in [-0.2, -0.15) is 5.10 Å². The number of H-pyrrole nitrogens is 2. The summed E-state index contributed by atoms with van der Waals surface area (Å²) in [6.45, 7) is 13.1. The van der Waals surface area contributed by atoms with Gasteiger partial charge in [-0.05, 0) is 71.4 Å². The Hall–Kier alpha value is -3.86. The maximum atomic E-state index is 4.61. The number of allylic oxidation sites excluding steroid dienone is 6. The molecule has 5 nitrogen and oxygen atoms in total. The number of nitrogens with zero attached hydrogens (tertiary/aromatic N) is 2. The predicted octanol–water partition coefficient (Wildman–Crippen LogP) is 7.12. The van der Waals surface area contributed by atoms with Gasteiger partial charge in [0.1, 0.15) is 5.69 Å². The lowest BCUT2D eigenvalue weighted by Crippen LogP contribution is -2.16. The molecule has 1 aliphatic carbocycles. The molecule has 5 rings (SSSR count). The molecular formula is C29H31N5. The standard InChI is InChI=1S/C29H31N5/c1-18-8-10-22(31-19(2)17-29(3,4)5)14-21(13-18)20-9-11-24-23(15-20)28(34-33-24)27-16-26-25(32-27)7-6-12-30-26/h6-16,18,31-32H,2,17H2,1,3-5H3,(H,33,34)/t18-/m0/s1. The molecule has 0 radical (unpaired) electrons. The Kier molecular flexibility index (Phi) is 5.48. The molecule has 3 aromatic heterocycles. The predicted molar refractivity (Wildman–Crippen MR) is 142 cm³/mol. The largest absolute Gasteiger partial charge is 0.359 e. The van der Waals surface area contributed by atoms with E-state index in [0.717, 1.165) is 56.7 Å². The van der Waals surface area contributed by atoms with Crippen molar-refractivity contribution in [1.82, 2.24) is 25.5 Å².